The molecule has 3 aliphatic rings. The zero-order chi connectivity index (χ0) is 16.4. The summed E-state index contributed by atoms with van der Waals surface area (Å²) >= 11 is 0. The molecular formula is C18H33N3O2. The highest BCUT2D eigenvalue weighted by Crippen LogP contribution is 2.29. The molecule has 5 nitrogen and oxygen atoms in total. The Morgan fingerprint density at radius 2 is 1.78 bits per heavy atom. The predicted molar refractivity (Wildman–Crippen MR) is 91.6 cm³/mol. The van der Waals surface area contributed by atoms with E-state index in [2.05, 4.69) is 10.2 Å². The van der Waals surface area contributed by atoms with E-state index in [4.69, 9.17) is 4.74 Å². The van der Waals surface area contributed by atoms with Crippen LogP contribution in [0.15, 0.2) is 0 Å². The second kappa shape index (κ2) is 6.98. The lowest BCUT2D eigenvalue weighted by atomic mass is 10.0. The van der Waals surface area contributed by atoms with E-state index in [1.165, 1.54) is 38.8 Å². The number of amides is 1. The Labute approximate surface area is 140 Å². The molecule has 0 aromatic heterocycles. The number of nitrogens with one attached hydrogen (secondary N) is 1. The molecule has 1 saturated carbocycles. The van der Waals surface area contributed by atoms with E-state index >= 15 is 0 Å². The molecule has 1 unspecified atom stereocenters. The van der Waals surface area contributed by atoms with Crippen LogP contribution in [0.4, 0.5) is 4.79 Å². The fraction of sp³-hybridized carbons (Fsp3) is 0.944. The van der Waals surface area contributed by atoms with Crippen LogP contribution < -0.4 is 5.32 Å². The molecule has 3 fully saturated rings. The Bertz CT molecular complexity index is 409. The molecule has 1 aliphatic carbocycles. The van der Waals surface area contributed by atoms with E-state index in [0.717, 1.165) is 32.0 Å². The van der Waals surface area contributed by atoms with Crippen molar-refractivity contribution in [3.05, 3.63) is 0 Å². The van der Waals surface area contributed by atoms with Crippen molar-refractivity contribution < 1.29 is 9.53 Å². The van der Waals surface area contributed by atoms with Crippen molar-refractivity contribution in [3.8, 4) is 0 Å². The van der Waals surface area contributed by atoms with Crippen molar-refractivity contribution in [3.63, 3.8) is 0 Å². The van der Waals surface area contributed by atoms with Crippen LogP contribution in [0.5, 0.6) is 0 Å². The smallest absolute Gasteiger partial charge is 0.410 e. The van der Waals surface area contributed by atoms with Gasteiger partial charge in [-0.05, 0) is 72.4 Å². The molecule has 1 amide bonds. The minimum atomic E-state index is -0.409. The van der Waals surface area contributed by atoms with Crippen molar-refractivity contribution >= 4 is 6.09 Å². The Morgan fingerprint density at radius 1 is 1.09 bits per heavy atom. The summed E-state index contributed by atoms with van der Waals surface area (Å²) in [6.45, 7) is 10.0. The van der Waals surface area contributed by atoms with Gasteiger partial charge in [0.05, 0.1) is 0 Å². The van der Waals surface area contributed by atoms with Gasteiger partial charge in [0.15, 0.2) is 0 Å². The third-order valence-electron chi connectivity index (χ3n) is 5.24. The van der Waals surface area contributed by atoms with Gasteiger partial charge in [0.2, 0.25) is 0 Å². The van der Waals surface area contributed by atoms with E-state index < -0.39 is 5.60 Å². The number of nitrogens with zero attached hydrogens (tertiary/aromatic N) is 2. The average molecular weight is 323 g/mol. The minimum Gasteiger partial charge on any atom is -0.444 e. The number of likely N-dealkylation sites (tertiary alicyclic amines) is 2. The van der Waals surface area contributed by atoms with Gasteiger partial charge in [-0.15, -0.1) is 0 Å². The first-order valence-corrected chi connectivity index (χ1v) is 9.39. The SMILES string of the molecule is CC(C)(C)OC(=O)N1CCCC1CNC1CCN(C2CC2)CC1. The first-order valence-electron chi connectivity index (χ1n) is 9.39. The van der Waals surface area contributed by atoms with Crippen molar-refractivity contribution in [2.24, 2.45) is 0 Å². The van der Waals surface area contributed by atoms with E-state index in [0.29, 0.717) is 12.1 Å². The Hall–Kier alpha value is -0.810. The Morgan fingerprint density at radius 3 is 2.39 bits per heavy atom. The van der Waals surface area contributed by atoms with Gasteiger partial charge < -0.3 is 19.9 Å². The van der Waals surface area contributed by atoms with Crippen LogP contribution in [0.2, 0.25) is 0 Å². The van der Waals surface area contributed by atoms with Crippen LogP contribution in [-0.4, -0.2) is 65.8 Å². The fourth-order valence-corrected chi connectivity index (χ4v) is 3.82. The van der Waals surface area contributed by atoms with Gasteiger partial charge in [-0.3, -0.25) is 0 Å². The molecule has 1 N–H and O–H groups in total. The monoisotopic (exact) mass is 323 g/mol. The molecule has 0 spiro atoms. The fourth-order valence-electron chi connectivity index (χ4n) is 3.82. The van der Waals surface area contributed by atoms with Crippen LogP contribution in [0, 0.1) is 0 Å². The van der Waals surface area contributed by atoms with Crippen LogP contribution in [-0.2, 0) is 4.74 Å². The lowest BCUT2D eigenvalue weighted by Crippen LogP contribution is -2.49. The third kappa shape index (κ3) is 4.83. The normalized spacial score (nSPS) is 27.4. The molecule has 2 aliphatic heterocycles. The van der Waals surface area contributed by atoms with Crippen molar-refractivity contribution in [1.82, 2.24) is 15.1 Å². The van der Waals surface area contributed by atoms with E-state index in [-0.39, 0.29) is 6.09 Å². The number of ether oxygens (including phenoxy) is 1. The van der Waals surface area contributed by atoms with Crippen molar-refractivity contribution in [1.29, 1.82) is 0 Å². The third-order valence-corrected chi connectivity index (χ3v) is 5.24. The highest BCUT2D eigenvalue weighted by Gasteiger charge is 2.34. The highest BCUT2D eigenvalue weighted by molar-refractivity contribution is 5.69. The van der Waals surface area contributed by atoms with Gasteiger partial charge in [0.25, 0.3) is 0 Å². The van der Waals surface area contributed by atoms with Crippen LogP contribution in [0.3, 0.4) is 0 Å². The van der Waals surface area contributed by atoms with Crippen molar-refractivity contribution in [2.45, 2.75) is 83.0 Å². The topological polar surface area (TPSA) is 44.8 Å². The van der Waals surface area contributed by atoms with E-state index in [9.17, 15) is 4.79 Å². The maximum Gasteiger partial charge on any atom is 0.410 e. The first kappa shape index (κ1) is 17.0. The van der Waals surface area contributed by atoms with Gasteiger partial charge in [0.1, 0.15) is 5.60 Å². The van der Waals surface area contributed by atoms with E-state index in [1.807, 2.05) is 25.7 Å². The molecule has 132 valence electrons. The van der Waals surface area contributed by atoms with Crippen LogP contribution in [0.1, 0.15) is 59.3 Å². The highest BCUT2D eigenvalue weighted by atomic mass is 16.6. The molecule has 5 heteroatoms. The molecule has 2 saturated heterocycles. The quantitative estimate of drug-likeness (QED) is 0.864. The average Bonchev–Trinajstić information content (AvgIpc) is 3.22. The lowest BCUT2D eigenvalue weighted by Gasteiger charge is -2.34. The molecule has 3 rings (SSSR count). The second-order valence-electron chi connectivity index (χ2n) is 8.42. The number of hydrogen-bond acceptors (Lipinski definition) is 4. The zero-order valence-corrected chi connectivity index (χ0v) is 15.0. The van der Waals surface area contributed by atoms with Crippen LogP contribution >= 0.6 is 0 Å². The van der Waals surface area contributed by atoms with Crippen LogP contribution in [0.25, 0.3) is 0 Å². The minimum absolute atomic E-state index is 0.148. The largest absolute Gasteiger partial charge is 0.444 e. The Kier molecular flexibility index (Phi) is 5.16. The van der Waals surface area contributed by atoms with Gasteiger partial charge in [0, 0.05) is 31.2 Å². The maximum atomic E-state index is 12.3. The summed E-state index contributed by atoms with van der Waals surface area (Å²) in [5, 5.41) is 3.71. The second-order valence-corrected chi connectivity index (χ2v) is 8.42. The number of piperidine rings is 1. The molecular weight excluding hydrogens is 290 g/mol. The standard InChI is InChI=1S/C18H33N3O2/c1-18(2,3)23-17(22)21-10-4-5-16(21)13-19-14-8-11-20(12-9-14)15-6-7-15/h14-16,19H,4-13H2,1-3H3. The summed E-state index contributed by atoms with van der Waals surface area (Å²) < 4.78 is 5.54. The van der Waals surface area contributed by atoms with Gasteiger partial charge in [-0.25, -0.2) is 4.79 Å². The Balaban J connectivity index is 1.41. The van der Waals surface area contributed by atoms with E-state index in [1.54, 1.807) is 0 Å². The first-order chi connectivity index (χ1) is 10.9. The number of rotatable bonds is 4. The molecule has 2 heterocycles. The molecule has 1 atom stereocenters. The van der Waals surface area contributed by atoms with Gasteiger partial charge >= 0.3 is 6.09 Å². The molecule has 23 heavy (non-hydrogen) atoms. The maximum absolute atomic E-state index is 12.3. The molecule has 0 bridgehead atoms. The molecule has 0 aromatic rings. The lowest BCUT2D eigenvalue weighted by molar-refractivity contribution is 0.0222. The summed E-state index contributed by atoms with van der Waals surface area (Å²) in [6.07, 6.45) is 7.34. The van der Waals surface area contributed by atoms with Crippen molar-refractivity contribution in [2.75, 3.05) is 26.2 Å². The molecule has 0 radical (unpaired) electrons. The number of carbonyl (C=O) groups is 1. The number of hydrogen-bond donors (Lipinski definition) is 1. The van der Waals surface area contributed by atoms with Gasteiger partial charge in [-0.2, -0.15) is 0 Å². The summed E-state index contributed by atoms with van der Waals surface area (Å²) in [5.74, 6) is 0. The predicted octanol–water partition coefficient (Wildman–Crippen LogP) is 2.60. The van der Waals surface area contributed by atoms with Gasteiger partial charge in [-0.1, -0.05) is 0 Å². The summed E-state index contributed by atoms with van der Waals surface area (Å²) in [6, 6.07) is 1.81. The zero-order valence-electron chi connectivity index (χ0n) is 15.0. The molecule has 0 aromatic carbocycles. The summed E-state index contributed by atoms with van der Waals surface area (Å²) in [5.41, 5.74) is -0.409. The number of carbonyl (C=O) groups excluding carboxylic acids is 1. The summed E-state index contributed by atoms with van der Waals surface area (Å²) in [7, 11) is 0. The summed E-state index contributed by atoms with van der Waals surface area (Å²) in [4.78, 5) is 16.9.